The molecule has 0 amide bonds. The fraction of sp³-hybridized carbons (Fsp3) is 0.273. The molecule has 11 nitrogen and oxygen atoms in total. The van der Waals surface area contributed by atoms with Crippen LogP contribution in [0, 0.1) is 5.82 Å². The van der Waals surface area contributed by atoms with Crippen LogP contribution in [0.2, 0.25) is 0 Å². The Hall–Kier alpha value is -3.84. The first-order valence-corrected chi connectivity index (χ1v) is 11.9. The zero-order valence-electron chi connectivity index (χ0n) is 19.8. The van der Waals surface area contributed by atoms with Crippen LogP contribution in [0.5, 0.6) is 17.2 Å². The normalized spacial score (nSPS) is 11.2. The molecule has 0 aliphatic heterocycles. The SMILES string of the molecule is COc1cc(Nc2ncc(F)c(Nc3ccc(NS(=O)(=O)NC(C)C)cc3)n2)cc(OC)c1OC. The maximum absolute atomic E-state index is 14.4. The monoisotopic (exact) mass is 506 g/mol. The number of halogens is 1. The second-order valence-corrected chi connectivity index (χ2v) is 8.96. The Balaban J connectivity index is 1.77. The number of methoxy groups -OCH3 is 3. The Kier molecular flexibility index (Phi) is 8.14. The number of nitrogens with one attached hydrogen (secondary N) is 4. The van der Waals surface area contributed by atoms with Gasteiger partial charge in [-0.25, -0.2) is 9.37 Å². The van der Waals surface area contributed by atoms with Gasteiger partial charge in [0.15, 0.2) is 23.1 Å². The predicted octanol–water partition coefficient (Wildman–Crippen LogP) is 3.78. The van der Waals surface area contributed by atoms with E-state index in [0.29, 0.717) is 34.3 Å². The lowest BCUT2D eigenvalue weighted by Crippen LogP contribution is -2.35. The molecule has 0 aliphatic carbocycles. The standard InChI is InChI=1S/C22H27FN6O5S/c1-13(2)28-35(30,31)29-15-8-6-14(7-9-15)25-21-17(23)12-24-22(27-21)26-16-10-18(32-3)20(34-5)19(11-16)33-4/h6-13,28-29H,1-5H3,(H2,24,25,26,27). The van der Waals surface area contributed by atoms with Crippen molar-refractivity contribution in [3.63, 3.8) is 0 Å². The summed E-state index contributed by atoms with van der Waals surface area (Å²) in [5, 5.41) is 5.84. The van der Waals surface area contributed by atoms with Crippen molar-refractivity contribution in [2.24, 2.45) is 0 Å². The summed E-state index contributed by atoms with van der Waals surface area (Å²) in [7, 11) is 0.790. The largest absolute Gasteiger partial charge is 0.493 e. The lowest BCUT2D eigenvalue weighted by molar-refractivity contribution is 0.324. The van der Waals surface area contributed by atoms with Gasteiger partial charge in [-0.1, -0.05) is 0 Å². The summed E-state index contributed by atoms with van der Waals surface area (Å²) in [4.78, 5) is 8.16. The van der Waals surface area contributed by atoms with Crippen LogP contribution in [-0.4, -0.2) is 45.8 Å². The van der Waals surface area contributed by atoms with Crippen molar-refractivity contribution in [2.75, 3.05) is 36.7 Å². The van der Waals surface area contributed by atoms with Crippen LogP contribution in [0.15, 0.2) is 42.6 Å². The van der Waals surface area contributed by atoms with Crippen LogP contribution in [0.25, 0.3) is 0 Å². The Bertz CT molecular complexity index is 1250. The minimum Gasteiger partial charge on any atom is -0.493 e. The highest BCUT2D eigenvalue weighted by Gasteiger charge is 2.15. The molecule has 0 aliphatic rings. The molecular formula is C22H27FN6O5S. The molecule has 0 radical (unpaired) electrons. The van der Waals surface area contributed by atoms with Gasteiger partial charge in [-0.05, 0) is 38.1 Å². The molecular weight excluding hydrogens is 479 g/mol. The van der Waals surface area contributed by atoms with E-state index >= 15 is 0 Å². The Morgan fingerprint density at radius 3 is 2.03 bits per heavy atom. The highest BCUT2D eigenvalue weighted by molar-refractivity contribution is 7.90. The molecule has 0 atom stereocenters. The molecule has 1 heterocycles. The third-order valence-electron chi connectivity index (χ3n) is 4.46. The first kappa shape index (κ1) is 25.8. The molecule has 0 saturated carbocycles. The summed E-state index contributed by atoms with van der Waals surface area (Å²) in [6, 6.07) is 9.32. The fourth-order valence-electron chi connectivity index (χ4n) is 3.05. The van der Waals surface area contributed by atoms with Crippen molar-refractivity contribution in [2.45, 2.75) is 19.9 Å². The van der Waals surface area contributed by atoms with E-state index in [2.05, 4.69) is 30.0 Å². The minimum atomic E-state index is -3.70. The zero-order chi connectivity index (χ0) is 25.6. The van der Waals surface area contributed by atoms with Crippen molar-refractivity contribution < 1.29 is 27.0 Å². The van der Waals surface area contributed by atoms with Gasteiger partial charge < -0.3 is 24.8 Å². The Morgan fingerprint density at radius 1 is 0.886 bits per heavy atom. The number of anilines is 5. The molecule has 0 spiro atoms. The molecule has 4 N–H and O–H groups in total. The van der Waals surface area contributed by atoms with Gasteiger partial charge in [0.2, 0.25) is 11.7 Å². The molecule has 0 fully saturated rings. The number of nitrogens with zero attached hydrogens (tertiary/aromatic N) is 2. The third-order valence-corrected chi connectivity index (χ3v) is 5.74. The average molecular weight is 507 g/mol. The summed E-state index contributed by atoms with van der Waals surface area (Å²) in [6.07, 6.45) is 1.02. The number of ether oxygens (including phenoxy) is 3. The zero-order valence-corrected chi connectivity index (χ0v) is 20.7. The first-order chi connectivity index (χ1) is 16.6. The molecule has 0 bridgehead atoms. The van der Waals surface area contributed by atoms with Crippen LogP contribution in [0.3, 0.4) is 0 Å². The molecule has 3 rings (SSSR count). The van der Waals surface area contributed by atoms with E-state index in [4.69, 9.17) is 14.2 Å². The predicted molar refractivity (Wildman–Crippen MR) is 132 cm³/mol. The van der Waals surface area contributed by atoms with Gasteiger partial charge >= 0.3 is 0 Å². The van der Waals surface area contributed by atoms with Gasteiger partial charge in [0.1, 0.15) is 0 Å². The van der Waals surface area contributed by atoms with Gasteiger partial charge in [0, 0.05) is 35.2 Å². The maximum atomic E-state index is 14.4. The van der Waals surface area contributed by atoms with E-state index in [1.807, 2.05) is 0 Å². The van der Waals surface area contributed by atoms with Crippen molar-refractivity contribution >= 4 is 39.0 Å². The van der Waals surface area contributed by atoms with Crippen molar-refractivity contribution in [3.8, 4) is 17.2 Å². The molecule has 1 aromatic heterocycles. The number of rotatable bonds is 11. The highest BCUT2D eigenvalue weighted by Crippen LogP contribution is 2.40. The topological polar surface area (TPSA) is 136 Å². The van der Waals surface area contributed by atoms with E-state index < -0.39 is 16.0 Å². The lowest BCUT2D eigenvalue weighted by atomic mass is 10.2. The van der Waals surface area contributed by atoms with Gasteiger partial charge in [-0.3, -0.25) is 4.72 Å². The van der Waals surface area contributed by atoms with E-state index in [9.17, 15) is 12.8 Å². The fourth-order valence-corrected chi connectivity index (χ4v) is 4.18. The van der Waals surface area contributed by atoms with Crippen molar-refractivity contribution in [3.05, 3.63) is 48.4 Å². The van der Waals surface area contributed by atoms with Gasteiger partial charge in [0.25, 0.3) is 10.2 Å². The average Bonchev–Trinajstić information content (AvgIpc) is 2.80. The first-order valence-electron chi connectivity index (χ1n) is 10.4. The second kappa shape index (κ2) is 11.1. The van der Waals surface area contributed by atoms with Crippen LogP contribution < -0.4 is 34.3 Å². The lowest BCUT2D eigenvalue weighted by Gasteiger charge is -2.15. The smallest absolute Gasteiger partial charge is 0.299 e. The van der Waals surface area contributed by atoms with Crippen LogP contribution >= 0.6 is 0 Å². The molecule has 0 unspecified atom stereocenters. The van der Waals surface area contributed by atoms with Gasteiger partial charge in [-0.2, -0.15) is 18.1 Å². The van der Waals surface area contributed by atoms with Crippen molar-refractivity contribution in [1.82, 2.24) is 14.7 Å². The maximum Gasteiger partial charge on any atom is 0.299 e. The molecule has 13 heteroatoms. The molecule has 0 saturated heterocycles. The van der Waals surface area contributed by atoms with Gasteiger partial charge in [0.05, 0.1) is 27.5 Å². The Labute approximate surface area is 203 Å². The summed E-state index contributed by atoms with van der Waals surface area (Å²) in [5.74, 6) is 0.639. The Morgan fingerprint density at radius 2 is 1.49 bits per heavy atom. The molecule has 2 aromatic carbocycles. The van der Waals surface area contributed by atoms with E-state index in [-0.39, 0.29) is 17.8 Å². The van der Waals surface area contributed by atoms with Crippen LogP contribution in [0.1, 0.15) is 13.8 Å². The number of benzene rings is 2. The highest BCUT2D eigenvalue weighted by atomic mass is 32.2. The van der Waals surface area contributed by atoms with Crippen LogP contribution in [0.4, 0.5) is 33.2 Å². The summed E-state index contributed by atoms with van der Waals surface area (Å²) in [6.45, 7) is 3.43. The molecule has 188 valence electrons. The number of hydrogen-bond acceptors (Lipinski definition) is 9. The number of aromatic nitrogens is 2. The van der Waals surface area contributed by atoms with E-state index in [1.165, 1.54) is 33.5 Å². The quantitative estimate of drug-likeness (QED) is 0.306. The van der Waals surface area contributed by atoms with Crippen molar-refractivity contribution in [1.29, 1.82) is 0 Å². The molecule has 35 heavy (non-hydrogen) atoms. The summed E-state index contributed by atoms with van der Waals surface area (Å²) in [5.41, 5.74) is 1.36. The van der Waals surface area contributed by atoms with Gasteiger partial charge in [-0.15, -0.1) is 0 Å². The third kappa shape index (κ3) is 6.83. The number of hydrogen-bond donors (Lipinski definition) is 4. The van der Waals surface area contributed by atoms with E-state index in [1.54, 1.807) is 38.1 Å². The second-order valence-electron chi connectivity index (χ2n) is 7.51. The summed E-state index contributed by atoms with van der Waals surface area (Å²) >= 11 is 0. The molecule has 3 aromatic rings. The van der Waals surface area contributed by atoms with E-state index in [0.717, 1.165) is 6.20 Å². The minimum absolute atomic E-state index is 0.0789. The summed E-state index contributed by atoms with van der Waals surface area (Å²) < 4.78 is 59.2. The van der Waals surface area contributed by atoms with Crippen LogP contribution in [-0.2, 0) is 10.2 Å².